The zero-order chi connectivity index (χ0) is 9.98. The summed E-state index contributed by atoms with van der Waals surface area (Å²) in [5.41, 5.74) is 0. The minimum atomic E-state index is -0.352. The molecule has 0 aliphatic carbocycles. The summed E-state index contributed by atoms with van der Waals surface area (Å²) >= 11 is 0. The third kappa shape index (κ3) is 33.5. The summed E-state index contributed by atoms with van der Waals surface area (Å²) < 4.78 is 0. The fourth-order valence-electron chi connectivity index (χ4n) is 0.445. The van der Waals surface area contributed by atoms with Crippen LogP contribution in [0.4, 0.5) is 0 Å². The maximum absolute atomic E-state index is 8.39. The van der Waals surface area contributed by atoms with Crippen molar-refractivity contribution in [2.45, 2.75) is 47.1 Å². The van der Waals surface area contributed by atoms with Crippen LogP contribution < -0.4 is 0 Å². The highest BCUT2D eigenvalue weighted by molar-refractivity contribution is 4.40. The van der Waals surface area contributed by atoms with Crippen LogP contribution in [0, 0.1) is 5.92 Å². The molecule has 0 saturated carbocycles. The quantitative estimate of drug-likeness (QED) is 0.634. The van der Waals surface area contributed by atoms with Crippen LogP contribution in [-0.2, 0) is 0 Å². The molecular formula is C10H26O3. The van der Waals surface area contributed by atoms with Gasteiger partial charge < -0.3 is 15.3 Å². The van der Waals surface area contributed by atoms with Gasteiger partial charge in [0, 0.05) is 13.2 Å². The smallest absolute Gasteiger partial charge is 0.0533 e. The highest BCUT2D eigenvalue weighted by atomic mass is 16.3. The van der Waals surface area contributed by atoms with Gasteiger partial charge >= 0.3 is 0 Å². The van der Waals surface area contributed by atoms with E-state index in [4.69, 9.17) is 15.3 Å². The summed E-state index contributed by atoms with van der Waals surface area (Å²) in [5.74, 6) is 0.648. The third-order valence-electron chi connectivity index (χ3n) is 1.25. The lowest BCUT2D eigenvalue weighted by molar-refractivity contribution is 0.148. The molecule has 0 radical (unpaired) electrons. The molecule has 84 valence electrons. The van der Waals surface area contributed by atoms with Crippen molar-refractivity contribution in [2.75, 3.05) is 13.2 Å². The van der Waals surface area contributed by atoms with Crippen LogP contribution in [0.5, 0.6) is 0 Å². The summed E-state index contributed by atoms with van der Waals surface area (Å²) in [6, 6.07) is 0. The molecule has 13 heavy (non-hydrogen) atoms. The zero-order valence-corrected chi connectivity index (χ0v) is 8.32. The van der Waals surface area contributed by atoms with Gasteiger partial charge in [-0.1, -0.05) is 21.3 Å². The highest BCUT2D eigenvalue weighted by Crippen LogP contribution is 1.94. The molecule has 1 atom stereocenters. The number of aliphatic hydroxyl groups excluding tert-OH is 3. The van der Waals surface area contributed by atoms with Gasteiger partial charge in [-0.15, -0.1) is 0 Å². The number of rotatable bonds is 4. The molecule has 0 aromatic heterocycles. The van der Waals surface area contributed by atoms with Crippen molar-refractivity contribution in [1.82, 2.24) is 0 Å². The topological polar surface area (TPSA) is 60.7 Å². The Balaban J connectivity index is -0.000000143. The van der Waals surface area contributed by atoms with Crippen LogP contribution in [0.15, 0.2) is 0 Å². The molecule has 0 aromatic rings. The Labute approximate surface area is 82.4 Å². The number of aliphatic hydroxyl groups is 3. The summed E-state index contributed by atoms with van der Waals surface area (Å²) in [5, 5.41) is 24.7. The van der Waals surface area contributed by atoms with E-state index in [0.29, 0.717) is 18.9 Å². The Morgan fingerprint density at radius 3 is 1.31 bits per heavy atom. The highest BCUT2D eigenvalue weighted by Gasteiger charge is 1.88. The standard InChI is InChI=1S/C5H12O.C4H10O2.CH4/c1-5(2)3-4-6;1-4(6)2-3-5;/h5-6H,3-4H2,1-2H3;4-6H,2-3H2,1H3;1H4. The predicted molar refractivity (Wildman–Crippen MR) is 56.7 cm³/mol. The minimum absolute atomic E-state index is 0. The molecule has 0 bridgehead atoms. The van der Waals surface area contributed by atoms with Gasteiger partial charge in [-0.05, 0) is 25.7 Å². The minimum Gasteiger partial charge on any atom is -0.396 e. The maximum atomic E-state index is 8.39. The predicted octanol–water partition coefficient (Wildman–Crippen LogP) is 1.41. The summed E-state index contributed by atoms with van der Waals surface area (Å²) in [6.07, 6.45) is 1.06. The summed E-state index contributed by atoms with van der Waals surface area (Å²) in [7, 11) is 0. The molecule has 1 unspecified atom stereocenters. The van der Waals surface area contributed by atoms with Crippen molar-refractivity contribution in [3.63, 3.8) is 0 Å². The normalized spacial score (nSPS) is 11.3. The number of hydrogen-bond donors (Lipinski definition) is 3. The van der Waals surface area contributed by atoms with Crippen molar-refractivity contribution >= 4 is 0 Å². The first-order valence-electron chi connectivity index (χ1n) is 4.44. The van der Waals surface area contributed by atoms with Gasteiger partial charge in [0.1, 0.15) is 0 Å². The van der Waals surface area contributed by atoms with Crippen LogP contribution in [0.2, 0.25) is 0 Å². The van der Waals surface area contributed by atoms with Gasteiger partial charge in [-0.25, -0.2) is 0 Å². The largest absolute Gasteiger partial charge is 0.396 e. The van der Waals surface area contributed by atoms with E-state index in [-0.39, 0.29) is 20.1 Å². The first-order chi connectivity index (χ1) is 5.54. The van der Waals surface area contributed by atoms with Gasteiger partial charge in [0.2, 0.25) is 0 Å². The Hall–Kier alpha value is -0.120. The molecule has 3 heteroatoms. The van der Waals surface area contributed by atoms with E-state index in [0.717, 1.165) is 6.42 Å². The van der Waals surface area contributed by atoms with Crippen LogP contribution in [0.1, 0.15) is 41.0 Å². The molecule has 0 aliphatic rings. The summed E-state index contributed by atoms with van der Waals surface area (Å²) in [4.78, 5) is 0. The second-order valence-corrected chi connectivity index (χ2v) is 3.27. The molecule has 0 rings (SSSR count). The average Bonchev–Trinajstić information content (AvgIpc) is 1.87. The fourth-order valence-corrected chi connectivity index (χ4v) is 0.445. The van der Waals surface area contributed by atoms with Crippen molar-refractivity contribution in [1.29, 1.82) is 0 Å². The number of hydrogen-bond acceptors (Lipinski definition) is 3. The van der Waals surface area contributed by atoms with E-state index in [1.54, 1.807) is 6.92 Å². The average molecular weight is 194 g/mol. The second-order valence-electron chi connectivity index (χ2n) is 3.27. The molecular weight excluding hydrogens is 168 g/mol. The zero-order valence-electron chi connectivity index (χ0n) is 8.32. The second kappa shape index (κ2) is 14.4. The van der Waals surface area contributed by atoms with Crippen LogP contribution >= 0.6 is 0 Å². The van der Waals surface area contributed by atoms with E-state index in [1.165, 1.54) is 0 Å². The molecule has 0 fully saturated rings. The molecule has 0 heterocycles. The lowest BCUT2D eigenvalue weighted by atomic mass is 10.2. The van der Waals surface area contributed by atoms with Crippen LogP contribution in [-0.4, -0.2) is 34.6 Å². The van der Waals surface area contributed by atoms with Gasteiger partial charge in [0.15, 0.2) is 0 Å². The Kier molecular flexibility index (Phi) is 20.6. The van der Waals surface area contributed by atoms with Crippen LogP contribution in [0.3, 0.4) is 0 Å². The lowest BCUT2D eigenvalue weighted by Gasteiger charge is -1.95. The van der Waals surface area contributed by atoms with Gasteiger partial charge in [-0.2, -0.15) is 0 Å². The SMILES string of the molecule is C.CC(C)CCO.CC(O)CCO. The van der Waals surface area contributed by atoms with E-state index >= 15 is 0 Å². The third-order valence-corrected chi connectivity index (χ3v) is 1.25. The molecule has 0 aromatic carbocycles. The Morgan fingerprint density at radius 2 is 1.31 bits per heavy atom. The first-order valence-corrected chi connectivity index (χ1v) is 4.44. The van der Waals surface area contributed by atoms with Gasteiger partial charge in [0.05, 0.1) is 6.10 Å². The Bertz CT molecular complexity index is 62.6. The molecule has 0 spiro atoms. The van der Waals surface area contributed by atoms with Gasteiger partial charge in [0.25, 0.3) is 0 Å². The van der Waals surface area contributed by atoms with E-state index < -0.39 is 0 Å². The summed E-state index contributed by atoms with van der Waals surface area (Å²) in [6.45, 7) is 6.25. The lowest BCUT2D eigenvalue weighted by Crippen LogP contribution is -2.00. The van der Waals surface area contributed by atoms with E-state index in [9.17, 15) is 0 Å². The van der Waals surface area contributed by atoms with Crippen molar-refractivity contribution in [3.05, 3.63) is 0 Å². The van der Waals surface area contributed by atoms with Crippen molar-refractivity contribution in [3.8, 4) is 0 Å². The van der Waals surface area contributed by atoms with E-state index in [2.05, 4.69) is 13.8 Å². The molecule has 3 N–H and O–H groups in total. The van der Waals surface area contributed by atoms with Crippen LogP contribution in [0.25, 0.3) is 0 Å². The van der Waals surface area contributed by atoms with Gasteiger partial charge in [-0.3, -0.25) is 0 Å². The fraction of sp³-hybridized carbons (Fsp3) is 1.00. The molecule has 0 saturated heterocycles. The molecule has 0 amide bonds. The monoisotopic (exact) mass is 194 g/mol. The Morgan fingerprint density at radius 1 is 0.923 bits per heavy atom. The van der Waals surface area contributed by atoms with Crippen molar-refractivity contribution < 1.29 is 15.3 Å². The first kappa shape index (κ1) is 18.6. The molecule has 3 nitrogen and oxygen atoms in total. The van der Waals surface area contributed by atoms with Crippen molar-refractivity contribution in [2.24, 2.45) is 5.92 Å². The molecule has 0 aliphatic heterocycles. The maximum Gasteiger partial charge on any atom is 0.0533 e. The van der Waals surface area contributed by atoms with E-state index in [1.807, 2.05) is 0 Å².